The van der Waals surface area contributed by atoms with Gasteiger partial charge in [-0.15, -0.1) is 23.0 Å². The summed E-state index contributed by atoms with van der Waals surface area (Å²) in [4.78, 5) is 4.21. The van der Waals surface area contributed by atoms with Crippen molar-refractivity contribution in [3.8, 4) is 0 Å². The molecule has 0 saturated heterocycles. The zero-order valence-electron chi connectivity index (χ0n) is 5.82. The third-order valence-corrected chi connectivity index (χ3v) is 3.86. The van der Waals surface area contributed by atoms with E-state index in [4.69, 9.17) is 0 Å². The van der Waals surface area contributed by atoms with Gasteiger partial charge in [0.05, 0.1) is 10.2 Å². The van der Waals surface area contributed by atoms with Crippen LogP contribution in [0.5, 0.6) is 0 Å². The van der Waals surface area contributed by atoms with Gasteiger partial charge in [0.15, 0.2) is 4.34 Å². The number of benzene rings is 1. The van der Waals surface area contributed by atoms with E-state index < -0.39 is 0 Å². The van der Waals surface area contributed by atoms with E-state index in [1.165, 1.54) is 34.3 Å². The molecule has 0 aliphatic rings. The predicted molar refractivity (Wildman–Crippen MR) is 54.4 cm³/mol. The lowest BCUT2D eigenvalue weighted by Crippen LogP contribution is -1.70. The largest absolute Gasteiger partial charge is 0.229 e. The highest BCUT2D eigenvalue weighted by molar-refractivity contribution is 8.69. The van der Waals surface area contributed by atoms with E-state index in [0.29, 0.717) is 0 Å². The topological polar surface area (TPSA) is 12.9 Å². The van der Waals surface area contributed by atoms with Crippen LogP contribution in [0.2, 0.25) is 0 Å². The molecule has 5 heteroatoms. The summed E-state index contributed by atoms with van der Waals surface area (Å²) in [6, 6.07) is 4.57. The Morgan fingerprint density at radius 3 is 3.08 bits per heavy atom. The van der Waals surface area contributed by atoms with E-state index in [1.54, 1.807) is 6.07 Å². The molecule has 1 aromatic heterocycles. The van der Waals surface area contributed by atoms with Crippen LogP contribution in [0.4, 0.5) is 4.39 Å². The van der Waals surface area contributed by atoms with Gasteiger partial charge in [-0.2, -0.15) is 0 Å². The molecule has 2 aromatic rings. The van der Waals surface area contributed by atoms with Gasteiger partial charge in [-0.1, -0.05) is 0 Å². The van der Waals surface area contributed by atoms with Crippen molar-refractivity contribution in [2.24, 2.45) is 0 Å². The summed E-state index contributed by atoms with van der Waals surface area (Å²) in [6.45, 7) is 0. The highest BCUT2D eigenvalue weighted by Gasteiger charge is 2.02. The second-order valence-corrected chi connectivity index (χ2v) is 4.59. The zero-order chi connectivity index (χ0) is 8.55. The summed E-state index contributed by atoms with van der Waals surface area (Å²) in [6.07, 6.45) is 0. The summed E-state index contributed by atoms with van der Waals surface area (Å²) in [5, 5.41) is 0. The number of fused-ring (bicyclic) bond motifs is 1. The minimum absolute atomic E-state index is 0.220. The number of hydrogen-bond acceptors (Lipinski definition) is 4. The van der Waals surface area contributed by atoms with Gasteiger partial charge in [0, 0.05) is 0 Å². The van der Waals surface area contributed by atoms with E-state index in [0.717, 1.165) is 14.6 Å². The minimum atomic E-state index is -0.220. The van der Waals surface area contributed by atoms with Gasteiger partial charge in [0.1, 0.15) is 5.82 Å². The smallest absolute Gasteiger partial charge is 0.161 e. The van der Waals surface area contributed by atoms with Crippen molar-refractivity contribution in [2.75, 3.05) is 0 Å². The quantitative estimate of drug-likeness (QED) is 0.581. The van der Waals surface area contributed by atoms with E-state index in [-0.39, 0.29) is 5.82 Å². The molecular formula is C7H4FNS3. The van der Waals surface area contributed by atoms with E-state index >= 15 is 0 Å². The van der Waals surface area contributed by atoms with Crippen LogP contribution in [0.3, 0.4) is 0 Å². The van der Waals surface area contributed by atoms with Crippen molar-refractivity contribution < 1.29 is 4.39 Å². The van der Waals surface area contributed by atoms with Crippen molar-refractivity contribution in [3.63, 3.8) is 0 Å². The first kappa shape index (κ1) is 8.34. The first-order valence-electron chi connectivity index (χ1n) is 3.17. The van der Waals surface area contributed by atoms with E-state index in [1.807, 2.05) is 0 Å². The monoisotopic (exact) mass is 217 g/mol. The van der Waals surface area contributed by atoms with Crippen molar-refractivity contribution in [1.82, 2.24) is 4.98 Å². The van der Waals surface area contributed by atoms with Crippen molar-refractivity contribution >= 4 is 44.0 Å². The molecule has 0 fully saturated rings. The molecule has 2 rings (SSSR count). The Labute approximate surface area is 81.8 Å². The van der Waals surface area contributed by atoms with Crippen LogP contribution in [0.1, 0.15) is 0 Å². The van der Waals surface area contributed by atoms with Crippen LogP contribution in [-0.4, -0.2) is 4.98 Å². The van der Waals surface area contributed by atoms with E-state index in [2.05, 4.69) is 16.6 Å². The molecule has 0 saturated carbocycles. The van der Waals surface area contributed by atoms with Crippen LogP contribution in [0.25, 0.3) is 10.2 Å². The summed E-state index contributed by atoms with van der Waals surface area (Å²) < 4.78 is 14.4. The summed E-state index contributed by atoms with van der Waals surface area (Å²) in [7, 11) is 1.28. The Morgan fingerprint density at radius 2 is 2.33 bits per heavy atom. The standard InChI is InChI=1S/C7H4FNS3/c8-4-1-2-5-6(3-4)11-7(9-5)12-10/h1-3,10H. The Balaban J connectivity index is 2.67. The second kappa shape index (κ2) is 3.24. The third-order valence-electron chi connectivity index (χ3n) is 1.41. The molecule has 0 radical (unpaired) electrons. The molecule has 0 spiro atoms. The molecule has 0 aliphatic heterocycles. The molecule has 0 amide bonds. The molecule has 1 nitrogen and oxygen atoms in total. The number of nitrogens with zero attached hydrogens (tertiary/aromatic N) is 1. The molecule has 0 bridgehead atoms. The van der Waals surface area contributed by atoms with Crippen molar-refractivity contribution in [2.45, 2.75) is 4.34 Å². The van der Waals surface area contributed by atoms with Gasteiger partial charge in [-0.05, 0) is 29.0 Å². The lowest BCUT2D eigenvalue weighted by Gasteiger charge is -1.85. The van der Waals surface area contributed by atoms with E-state index in [9.17, 15) is 4.39 Å². The van der Waals surface area contributed by atoms with Gasteiger partial charge in [-0.25, -0.2) is 9.37 Å². The van der Waals surface area contributed by atoms with Crippen LogP contribution in [0, 0.1) is 5.82 Å². The van der Waals surface area contributed by atoms with Gasteiger partial charge >= 0.3 is 0 Å². The van der Waals surface area contributed by atoms with Gasteiger partial charge in [-0.3, -0.25) is 0 Å². The summed E-state index contributed by atoms with van der Waals surface area (Å²) in [5.74, 6) is -0.220. The summed E-state index contributed by atoms with van der Waals surface area (Å²) in [5.41, 5.74) is 0.831. The van der Waals surface area contributed by atoms with Crippen LogP contribution < -0.4 is 0 Å². The first-order chi connectivity index (χ1) is 5.79. The lowest BCUT2D eigenvalue weighted by molar-refractivity contribution is 0.630. The van der Waals surface area contributed by atoms with Gasteiger partial charge < -0.3 is 0 Å². The molecule has 12 heavy (non-hydrogen) atoms. The minimum Gasteiger partial charge on any atom is -0.229 e. The fourth-order valence-electron chi connectivity index (χ4n) is 0.916. The zero-order valence-corrected chi connectivity index (χ0v) is 8.35. The fraction of sp³-hybridized carbons (Fsp3) is 0. The Kier molecular flexibility index (Phi) is 2.25. The van der Waals surface area contributed by atoms with Gasteiger partial charge in [0.2, 0.25) is 0 Å². The molecule has 1 heterocycles. The maximum Gasteiger partial charge on any atom is 0.161 e. The highest BCUT2D eigenvalue weighted by Crippen LogP contribution is 2.31. The third kappa shape index (κ3) is 1.44. The second-order valence-electron chi connectivity index (χ2n) is 2.18. The fourth-order valence-corrected chi connectivity index (χ4v) is 2.65. The van der Waals surface area contributed by atoms with Crippen LogP contribution in [-0.2, 0) is 0 Å². The molecule has 0 aliphatic carbocycles. The number of halogens is 1. The van der Waals surface area contributed by atoms with Crippen molar-refractivity contribution in [3.05, 3.63) is 24.0 Å². The Morgan fingerprint density at radius 1 is 1.50 bits per heavy atom. The van der Waals surface area contributed by atoms with Crippen LogP contribution >= 0.6 is 33.8 Å². The average Bonchev–Trinajstić information content (AvgIpc) is 2.46. The number of thiol groups is 1. The number of aromatic nitrogens is 1. The molecule has 0 N–H and O–H groups in total. The molecule has 1 aromatic carbocycles. The Hall–Kier alpha value is -0.260. The molecule has 62 valence electrons. The number of rotatable bonds is 1. The number of hydrogen-bond donors (Lipinski definition) is 1. The molecular weight excluding hydrogens is 213 g/mol. The molecule has 0 atom stereocenters. The maximum atomic E-state index is 12.7. The predicted octanol–water partition coefficient (Wildman–Crippen LogP) is 3.37. The van der Waals surface area contributed by atoms with Crippen molar-refractivity contribution in [1.29, 1.82) is 0 Å². The van der Waals surface area contributed by atoms with Crippen LogP contribution in [0.15, 0.2) is 22.5 Å². The lowest BCUT2D eigenvalue weighted by atomic mass is 10.3. The normalized spacial score (nSPS) is 10.8. The Bertz CT molecular complexity index is 412. The first-order valence-corrected chi connectivity index (χ1v) is 5.85. The average molecular weight is 217 g/mol. The molecule has 0 unspecified atom stereocenters. The maximum absolute atomic E-state index is 12.7. The number of thiazole rings is 1. The highest BCUT2D eigenvalue weighted by atomic mass is 33.1. The van der Waals surface area contributed by atoms with Gasteiger partial charge in [0.25, 0.3) is 0 Å². The SMILES string of the molecule is Fc1ccc2nc(SS)sc2c1. The summed E-state index contributed by atoms with van der Waals surface area (Å²) >= 11 is 5.46.